The number of hydrogen-bond acceptors (Lipinski definition) is 4. The van der Waals surface area contributed by atoms with Crippen LogP contribution in [-0.2, 0) is 4.79 Å². The number of H-pyrrole nitrogens is 1. The van der Waals surface area contributed by atoms with Crippen LogP contribution < -0.4 is 11.1 Å². The maximum absolute atomic E-state index is 11.0. The minimum atomic E-state index is -0.775. The smallest absolute Gasteiger partial charge is 0.417 e. The van der Waals surface area contributed by atoms with Gasteiger partial charge in [0.25, 0.3) is 0 Å². The summed E-state index contributed by atoms with van der Waals surface area (Å²) in [6.07, 6.45) is 0.558. The van der Waals surface area contributed by atoms with Gasteiger partial charge < -0.3 is 14.8 Å². The molecule has 2 unspecified atom stereocenters. The molecule has 1 fully saturated rings. The SMILES string of the molecule is O=C(O)C1CNC(c2ccc3oc(=O)[nH]c3c2)C1. The highest BCUT2D eigenvalue weighted by molar-refractivity contribution is 5.73. The molecule has 94 valence electrons. The summed E-state index contributed by atoms with van der Waals surface area (Å²) >= 11 is 0. The standard InChI is InChI=1S/C12H12N2O4/c15-11(16)7-4-8(13-5-7)6-1-2-10-9(3-6)14-12(17)18-10/h1-3,7-8,13H,4-5H2,(H,14,17)(H,15,16). The van der Waals surface area contributed by atoms with E-state index in [4.69, 9.17) is 9.52 Å². The molecule has 18 heavy (non-hydrogen) atoms. The molecule has 0 saturated carbocycles. The first-order chi connectivity index (χ1) is 8.63. The predicted octanol–water partition coefficient (Wildman–Crippen LogP) is 0.856. The first kappa shape index (κ1) is 11.0. The predicted molar refractivity (Wildman–Crippen MR) is 63.3 cm³/mol. The van der Waals surface area contributed by atoms with Crippen molar-refractivity contribution in [2.24, 2.45) is 5.92 Å². The van der Waals surface area contributed by atoms with Gasteiger partial charge in [-0.2, -0.15) is 0 Å². The van der Waals surface area contributed by atoms with Gasteiger partial charge in [-0.15, -0.1) is 0 Å². The Morgan fingerprint density at radius 3 is 3.00 bits per heavy atom. The van der Waals surface area contributed by atoms with E-state index >= 15 is 0 Å². The molecule has 2 atom stereocenters. The number of carboxylic acid groups (broad SMARTS) is 1. The second kappa shape index (κ2) is 3.99. The van der Waals surface area contributed by atoms with Crippen LogP contribution in [0, 0.1) is 5.92 Å². The highest BCUT2D eigenvalue weighted by Crippen LogP contribution is 2.28. The maximum Gasteiger partial charge on any atom is 0.417 e. The lowest BCUT2D eigenvalue weighted by atomic mass is 10.00. The Labute approximate surface area is 102 Å². The lowest BCUT2D eigenvalue weighted by Crippen LogP contribution is -2.17. The van der Waals surface area contributed by atoms with Gasteiger partial charge in [-0.25, -0.2) is 4.79 Å². The molecule has 3 rings (SSSR count). The minimum absolute atomic E-state index is 0.00824. The zero-order chi connectivity index (χ0) is 12.7. The van der Waals surface area contributed by atoms with E-state index < -0.39 is 11.7 Å². The van der Waals surface area contributed by atoms with Crippen molar-refractivity contribution in [3.05, 3.63) is 34.3 Å². The number of rotatable bonds is 2. The van der Waals surface area contributed by atoms with Crippen molar-refractivity contribution in [2.75, 3.05) is 6.54 Å². The van der Waals surface area contributed by atoms with Crippen LogP contribution in [0.3, 0.4) is 0 Å². The number of oxazole rings is 1. The molecule has 1 saturated heterocycles. The van der Waals surface area contributed by atoms with Gasteiger partial charge in [0, 0.05) is 12.6 Å². The Morgan fingerprint density at radius 1 is 1.44 bits per heavy atom. The molecule has 2 heterocycles. The van der Waals surface area contributed by atoms with Crippen LogP contribution in [0.2, 0.25) is 0 Å². The van der Waals surface area contributed by atoms with Crippen molar-refractivity contribution < 1.29 is 14.3 Å². The molecule has 6 heteroatoms. The highest BCUT2D eigenvalue weighted by Gasteiger charge is 2.30. The Kier molecular flexibility index (Phi) is 2.45. The summed E-state index contributed by atoms with van der Waals surface area (Å²) in [5, 5.41) is 12.1. The number of aliphatic carboxylic acids is 1. The molecule has 2 aromatic rings. The van der Waals surface area contributed by atoms with Gasteiger partial charge in [0.2, 0.25) is 0 Å². The summed E-state index contributed by atoms with van der Waals surface area (Å²) in [6, 6.07) is 5.40. The number of aromatic amines is 1. The molecule has 0 radical (unpaired) electrons. The third kappa shape index (κ3) is 1.80. The number of carboxylic acids is 1. The van der Waals surface area contributed by atoms with E-state index in [2.05, 4.69) is 10.3 Å². The number of aromatic nitrogens is 1. The van der Waals surface area contributed by atoms with Gasteiger partial charge in [0.1, 0.15) is 0 Å². The first-order valence-electron chi connectivity index (χ1n) is 5.72. The number of benzene rings is 1. The maximum atomic E-state index is 11.0. The van der Waals surface area contributed by atoms with Crippen molar-refractivity contribution >= 4 is 17.1 Å². The summed E-state index contributed by atoms with van der Waals surface area (Å²) in [7, 11) is 0. The average molecular weight is 248 g/mol. The van der Waals surface area contributed by atoms with Crippen LogP contribution in [0.4, 0.5) is 0 Å². The molecule has 0 bridgehead atoms. The Bertz CT molecular complexity index is 657. The topological polar surface area (TPSA) is 95.3 Å². The second-order valence-electron chi connectivity index (χ2n) is 4.50. The van der Waals surface area contributed by atoms with Crippen LogP contribution in [0.1, 0.15) is 18.0 Å². The Hall–Kier alpha value is -2.08. The highest BCUT2D eigenvalue weighted by atomic mass is 16.4. The van der Waals surface area contributed by atoms with E-state index in [1.54, 1.807) is 6.07 Å². The van der Waals surface area contributed by atoms with Gasteiger partial charge in [0.05, 0.1) is 11.4 Å². The van der Waals surface area contributed by atoms with Crippen LogP contribution in [0.5, 0.6) is 0 Å². The number of fused-ring (bicyclic) bond motifs is 1. The summed E-state index contributed by atoms with van der Waals surface area (Å²) in [6.45, 7) is 0.472. The van der Waals surface area contributed by atoms with Crippen LogP contribution in [-0.4, -0.2) is 22.6 Å². The molecule has 1 aromatic heterocycles. The molecular formula is C12H12N2O4. The quantitative estimate of drug-likeness (QED) is 0.732. The lowest BCUT2D eigenvalue weighted by Gasteiger charge is -2.09. The third-order valence-corrected chi connectivity index (χ3v) is 3.33. The molecule has 0 spiro atoms. The largest absolute Gasteiger partial charge is 0.481 e. The third-order valence-electron chi connectivity index (χ3n) is 3.33. The van der Waals surface area contributed by atoms with Crippen LogP contribution in [0.25, 0.3) is 11.1 Å². The van der Waals surface area contributed by atoms with Gasteiger partial charge in [-0.1, -0.05) is 6.07 Å². The van der Waals surface area contributed by atoms with Crippen LogP contribution >= 0.6 is 0 Å². The zero-order valence-corrected chi connectivity index (χ0v) is 9.47. The lowest BCUT2D eigenvalue weighted by molar-refractivity contribution is -0.141. The average Bonchev–Trinajstić information content (AvgIpc) is 2.91. The summed E-state index contributed by atoms with van der Waals surface area (Å²) in [4.78, 5) is 24.5. The number of carbonyl (C=O) groups is 1. The van der Waals surface area contributed by atoms with E-state index in [1.807, 2.05) is 12.1 Å². The van der Waals surface area contributed by atoms with Gasteiger partial charge in [0.15, 0.2) is 5.58 Å². The van der Waals surface area contributed by atoms with Crippen molar-refractivity contribution in [1.82, 2.24) is 10.3 Å². The van der Waals surface area contributed by atoms with Crippen molar-refractivity contribution in [3.8, 4) is 0 Å². The molecule has 3 N–H and O–H groups in total. The van der Waals surface area contributed by atoms with E-state index in [1.165, 1.54) is 0 Å². The fourth-order valence-corrected chi connectivity index (χ4v) is 2.36. The summed E-state index contributed by atoms with van der Waals surface area (Å²) in [5.41, 5.74) is 2.11. The molecule has 6 nitrogen and oxygen atoms in total. The summed E-state index contributed by atoms with van der Waals surface area (Å²) in [5.74, 6) is -1.61. The van der Waals surface area contributed by atoms with Crippen molar-refractivity contribution in [2.45, 2.75) is 12.5 Å². The van der Waals surface area contributed by atoms with Gasteiger partial charge in [-0.3, -0.25) is 9.78 Å². The molecule has 1 aliphatic rings. The zero-order valence-electron chi connectivity index (χ0n) is 9.47. The van der Waals surface area contributed by atoms with Crippen molar-refractivity contribution in [3.63, 3.8) is 0 Å². The molecular weight excluding hydrogens is 236 g/mol. The first-order valence-corrected chi connectivity index (χ1v) is 5.72. The van der Waals surface area contributed by atoms with E-state index in [0.29, 0.717) is 24.1 Å². The fraction of sp³-hybridized carbons (Fsp3) is 0.333. The van der Waals surface area contributed by atoms with E-state index in [-0.39, 0.29) is 12.0 Å². The van der Waals surface area contributed by atoms with Crippen LogP contribution in [0.15, 0.2) is 27.4 Å². The monoisotopic (exact) mass is 248 g/mol. The fourth-order valence-electron chi connectivity index (χ4n) is 2.36. The summed E-state index contributed by atoms with van der Waals surface area (Å²) < 4.78 is 4.92. The molecule has 1 aromatic carbocycles. The van der Waals surface area contributed by atoms with Gasteiger partial charge in [-0.05, 0) is 24.1 Å². The molecule has 0 aliphatic carbocycles. The van der Waals surface area contributed by atoms with E-state index in [0.717, 1.165) is 5.56 Å². The Morgan fingerprint density at radius 2 is 2.28 bits per heavy atom. The number of hydrogen-bond donors (Lipinski definition) is 3. The van der Waals surface area contributed by atoms with E-state index in [9.17, 15) is 9.59 Å². The minimum Gasteiger partial charge on any atom is -0.481 e. The van der Waals surface area contributed by atoms with Gasteiger partial charge >= 0.3 is 11.7 Å². The molecule has 0 amide bonds. The van der Waals surface area contributed by atoms with Crippen molar-refractivity contribution in [1.29, 1.82) is 0 Å². The number of nitrogens with one attached hydrogen (secondary N) is 2. The second-order valence-corrected chi connectivity index (χ2v) is 4.50. The Balaban J connectivity index is 1.91. The molecule has 1 aliphatic heterocycles. The normalized spacial score (nSPS) is 23.6.